The van der Waals surface area contributed by atoms with Crippen molar-refractivity contribution < 1.29 is 4.74 Å². The molecule has 0 amide bonds. The maximum Gasteiger partial charge on any atom is 0.0497 e. The summed E-state index contributed by atoms with van der Waals surface area (Å²) in [5, 5.41) is 0. The zero-order chi connectivity index (χ0) is 8.93. The largest absolute Gasteiger partial charge is 0.381 e. The molecule has 1 nitrogen and oxygen atoms in total. The first-order valence-electron chi connectivity index (χ1n) is 6.04. The van der Waals surface area contributed by atoms with Crippen molar-refractivity contribution in [2.45, 2.75) is 51.4 Å². The lowest BCUT2D eigenvalue weighted by molar-refractivity contribution is 0.116. The Labute approximate surface area is 81.9 Å². The Morgan fingerprint density at radius 3 is 2.46 bits per heavy atom. The molecule has 1 saturated heterocycles. The molecule has 1 aliphatic heterocycles. The summed E-state index contributed by atoms with van der Waals surface area (Å²) in [6.07, 6.45) is 11.4. The number of hydrogen-bond acceptors (Lipinski definition) is 1. The average Bonchev–Trinajstić information content (AvgIpc) is 2.83. The second kappa shape index (κ2) is 4.99. The SMILES string of the molecule is C1CCCC[C@@H]2C[C@H]2COCCC1. The van der Waals surface area contributed by atoms with Gasteiger partial charge in [0, 0.05) is 13.2 Å². The lowest BCUT2D eigenvalue weighted by Gasteiger charge is -2.06. The maximum absolute atomic E-state index is 5.66. The molecule has 0 N–H and O–H groups in total. The van der Waals surface area contributed by atoms with Crippen LogP contribution in [-0.4, -0.2) is 13.2 Å². The molecular weight excluding hydrogens is 160 g/mol. The van der Waals surface area contributed by atoms with Gasteiger partial charge < -0.3 is 4.74 Å². The molecule has 76 valence electrons. The molecule has 2 fully saturated rings. The molecule has 0 bridgehead atoms. The van der Waals surface area contributed by atoms with E-state index in [1.807, 2.05) is 0 Å². The molecule has 1 saturated carbocycles. The minimum Gasteiger partial charge on any atom is -0.381 e. The summed E-state index contributed by atoms with van der Waals surface area (Å²) in [6.45, 7) is 2.08. The van der Waals surface area contributed by atoms with Gasteiger partial charge in [-0.05, 0) is 24.7 Å². The van der Waals surface area contributed by atoms with Crippen LogP contribution in [0.2, 0.25) is 0 Å². The first-order chi connectivity index (χ1) is 6.47. The van der Waals surface area contributed by atoms with Crippen LogP contribution in [0.1, 0.15) is 51.4 Å². The summed E-state index contributed by atoms with van der Waals surface area (Å²) >= 11 is 0. The molecule has 2 rings (SSSR count). The van der Waals surface area contributed by atoms with Gasteiger partial charge >= 0.3 is 0 Å². The van der Waals surface area contributed by atoms with Crippen LogP contribution in [0.4, 0.5) is 0 Å². The van der Waals surface area contributed by atoms with E-state index in [0.717, 1.165) is 25.0 Å². The first kappa shape index (κ1) is 9.51. The quantitative estimate of drug-likeness (QED) is 0.558. The normalized spacial score (nSPS) is 36.9. The fourth-order valence-corrected chi connectivity index (χ4v) is 2.42. The third-order valence-corrected chi connectivity index (χ3v) is 3.51. The number of fused-ring (bicyclic) bond motifs is 1. The van der Waals surface area contributed by atoms with E-state index in [2.05, 4.69) is 0 Å². The Bertz CT molecular complexity index is 128. The summed E-state index contributed by atoms with van der Waals surface area (Å²) in [6, 6.07) is 0. The summed E-state index contributed by atoms with van der Waals surface area (Å²) in [5.41, 5.74) is 0. The molecule has 0 spiro atoms. The van der Waals surface area contributed by atoms with Gasteiger partial charge in [0.25, 0.3) is 0 Å². The minimum absolute atomic E-state index is 0.944. The Morgan fingerprint density at radius 2 is 1.54 bits per heavy atom. The van der Waals surface area contributed by atoms with Crippen LogP contribution in [0, 0.1) is 11.8 Å². The minimum atomic E-state index is 0.944. The number of hydrogen-bond donors (Lipinski definition) is 0. The Balaban J connectivity index is 1.66. The summed E-state index contributed by atoms with van der Waals surface area (Å²) in [4.78, 5) is 0. The van der Waals surface area contributed by atoms with Crippen LogP contribution >= 0.6 is 0 Å². The number of rotatable bonds is 0. The third-order valence-electron chi connectivity index (χ3n) is 3.51. The highest BCUT2D eigenvalue weighted by atomic mass is 16.5. The predicted molar refractivity (Wildman–Crippen MR) is 54.7 cm³/mol. The van der Waals surface area contributed by atoms with Gasteiger partial charge in [0.1, 0.15) is 0 Å². The van der Waals surface area contributed by atoms with Crippen LogP contribution < -0.4 is 0 Å². The van der Waals surface area contributed by atoms with E-state index in [1.165, 1.54) is 51.4 Å². The van der Waals surface area contributed by atoms with Crippen molar-refractivity contribution in [3.8, 4) is 0 Å². The van der Waals surface area contributed by atoms with Gasteiger partial charge in [-0.25, -0.2) is 0 Å². The van der Waals surface area contributed by atoms with Gasteiger partial charge in [0.2, 0.25) is 0 Å². The van der Waals surface area contributed by atoms with Crippen molar-refractivity contribution in [3.63, 3.8) is 0 Å². The van der Waals surface area contributed by atoms with Crippen LogP contribution in [0.15, 0.2) is 0 Å². The van der Waals surface area contributed by atoms with Crippen molar-refractivity contribution in [1.82, 2.24) is 0 Å². The monoisotopic (exact) mass is 182 g/mol. The lowest BCUT2D eigenvalue weighted by Crippen LogP contribution is -2.01. The van der Waals surface area contributed by atoms with Crippen LogP contribution in [0.3, 0.4) is 0 Å². The molecule has 1 heteroatoms. The highest BCUT2D eigenvalue weighted by molar-refractivity contribution is 4.85. The van der Waals surface area contributed by atoms with E-state index in [9.17, 15) is 0 Å². The van der Waals surface area contributed by atoms with Crippen molar-refractivity contribution >= 4 is 0 Å². The summed E-state index contributed by atoms with van der Waals surface area (Å²) in [7, 11) is 0. The first-order valence-corrected chi connectivity index (χ1v) is 6.04. The number of ether oxygens (including phenoxy) is 1. The van der Waals surface area contributed by atoms with Gasteiger partial charge in [-0.2, -0.15) is 0 Å². The standard InChI is InChI=1S/C12H22O/c1-2-4-6-8-13-10-12-9-11(12)7-5-3-1/h11-12H,1-10H2/t11-,12+/m1/s1. The lowest BCUT2D eigenvalue weighted by atomic mass is 10.1. The van der Waals surface area contributed by atoms with E-state index in [-0.39, 0.29) is 0 Å². The van der Waals surface area contributed by atoms with Crippen molar-refractivity contribution in [2.24, 2.45) is 11.8 Å². The zero-order valence-corrected chi connectivity index (χ0v) is 8.63. The molecule has 0 unspecified atom stereocenters. The van der Waals surface area contributed by atoms with E-state index in [4.69, 9.17) is 4.74 Å². The highest BCUT2D eigenvalue weighted by Gasteiger charge is 2.35. The van der Waals surface area contributed by atoms with Crippen LogP contribution in [0.25, 0.3) is 0 Å². The fraction of sp³-hybridized carbons (Fsp3) is 1.00. The predicted octanol–water partition coefficient (Wildman–Crippen LogP) is 3.38. The Kier molecular flexibility index (Phi) is 3.65. The van der Waals surface area contributed by atoms with Crippen LogP contribution in [0.5, 0.6) is 0 Å². The molecule has 2 aliphatic rings. The summed E-state index contributed by atoms with van der Waals surface area (Å²) in [5.74, 6) is 1.99. The highest BCUT2D eigenvalue weighted by Crippen LogP contribution is 2.42. The van der Waals surface area contributed by atoms with Gasteiger partial charge in [-0.3, -0.25) is 0 Å². The van der Waals surface area contributed by atoms with Crippen molar-refractivity contribution in [2.75, 3.05) is 13.2 Å². The third kappa shape index (κ3) is 3.30. The van der Waals surface area contributed by atoms with Crippen molar-refractivity contribution in [3.05, 3.63) is 0 Å². The zero-order valence-electron chi connectivity index (χ0n) is 8.63. The van der Waals surface area contributed by atoms with Crippen molar-refractivity contribution in [1.29, 1.82) is 0 Å². The molecule has 0 radical (unpaired) electrons. The molecule has 13 heavy (non-hydrogen) atoms. The smallest absolute Gasteiger partial charge is 0.0497 e. The molecule has 1 aliphatic carbocycles. The van der Waals surface area contributed by atoms with Gasteiger partial charge in [-0.1, -0.05) is 38.5 Å². The van der Waals surface area contributed by atoms with E-state index in [1.54, 1.807) is 0 Å². The Morgan fingerprint density at radius 1 is 0.769 bits per heavy atom. The molecule has 0 aromatic heterocycles. The van der Waals surface area contributed by atoms with Gasteiger partial charge in [0.05, 0.1) is 0 Å². The molecule has 2 atom stereocenters. The molecule has 0 aromatic carbocycles. The molecular formula is C12H22O. The topological polar surface area (TPSA) is 9.23 Å². The van der Waals surface area contributed by atoms with Crippen LogP contribution in [-0.2, 0) is 4.74 Å². The average molecular weight is 182 g/mol. The second-order valence-corrected chi connectivity index (χ2v) is 4.74. The molecule has 0 aromatic rings. The maximum atomic E-state index is 5.66. The Hall–Kier alpha value is -0.0400. The fourth-order valence-electron chi connectivity index (χ4n) is 2.42. The molecule has 1 heterocycles. The van der Waals surface area contributed by atoms with Gasteiger partial charge in [0.15, 0.2) is 0 Å². The second-order valence-electron chi connectivity index (χ2n) is 4.74. The van der Waals surface area contributed by atoms with E-state index < -0.39 is 0 Å². The summed E-state index contributed by atoms with van der Waals surface area (Å²) < 4.78 is 5.66. The van der Waals surface area contributed by atoms with E-state index >= 15 is 0 Å². The van der Waals surface area contributed by atoms with E-state index in [0.29, 0.717) is 0 Å². The van der Waals surface area contributed by atoms with Gasteiger partial charge in [-0.15, -0.1) is 0 Å².